The lowest BCUT2D eigenvalue weighted by Gasteiger charge is -2.29. The van der Waals surface area contributed by atoms with Gasteiger partial charge in [0.2, 0.25) is 5.91 Å². The van der Waals surface area contributed by atoms with Crippen molar-refractivity contribution in [3.8, 4) is 0 Å². The van der Waals surface area contributed by atoms with Crippen molar-refractivity contribution < 1.29 is 9.90 Å². The van der Waals surface area contributed by atoms with Gasteiger partial charge in [0.1, 0.15) is 0 Å². The highest BCUT2D eigenvalue weighted by Crippen LogP contribution is 2.25. The molecule has 2 fully saturated rings. The summed E-state index contributed by atoms with van der Waals surface area (Å²) in [5.41, 5.74) is 5.97. The highest BCUT2D eigenvalue weighted by atomic mass is 16.3. The summed E-state index contributed by atoms with van der Waals surface area (Å²) in [6, 6.07) is -0.0334. The Balaban J connectivity index is 1.86. The maximum absolute atomic E-state index is 12.0. The van der Waals surface area contributed by atoms with E-state index in [1.165, 1.54) is 0 Å². The van der Waals surface area contributed by atoms with E-state index in [-0.39, 0.29) is 30.0 Å². The summed E-state index contributed by atoms with van der Waals surface area (Å²) < 4.78 is 0. The molecular weight excluding hydrogens is 204 g/mol. The van der Waals surface area contributed by atoms with E-state index in [0.717, 1.165) is 44.9 Å². The standard InChI is InChI=1S/C12H22N2O2/c13-9-5-2-1-4-8(9)12(16)14-10-6-3-7-11(10)15/h8-11,15H,1-7,13H2,(H,14,16)/t8-,9+,10?,11?/m1/s1. The molecule has 1 amide bonds. The van der Waals surface area contributed by atoms with Crippen molar-refractivity contribution in [2.75, 3.05) is 0 Å². The Hall–Kier alpha value is -0.610. The number of rotatable bonds is 2. The molecule has 0 heterocycles. The summed E-state index contributed by atoms with van der Waals surface area (Å²) in [4.78, 5) is 12.0. The quantitative estimate of drug-likeness (QED) is 0.643. The van der Waals surface area contributed by atoms with Crippen molar-refractivity contribution >= 4 is 5.91 Å². The van der Waals surface area contributed by atoms with Crippen LogP contribution >= 0.6 is 0 Å². The van der Waals surface area contributed by atoms with Crippen LogP contribution in [0.4, 0.5) is 0 Å². The molecule has 16 heavy (non-hydrogen) atoms. The third-order valence-electron chi connectivity index (χ3n) is 3.96. The largest absolute Gasteiger partial charge is 0.391 e. The van der Waals surface area contributed by atoms with Gasteiger partial charge in [0.25, 0.3) is 0 Å². The Morgan fingerprint density at radius 3 is 2.50 bits per heavy atom. The van der Waals surface area contributed by atoms with E-state index in [0.29, 0.717) is 0 Å². The minimum absolute atomic E-state index is 0.00676. The van der Waals surface area contributed by atoms with E-state index < -0.39 is 0 Å². The van der Waals surface area contributed by atoms with Crippen molar-refractivity contribution in [3.05, 3.63) is 0 Å². The van der Waals surface area contributed by atoms with E-state index in [4.69, 9.17) is 5.73 Å². The van der Waals surface area contributed by atoms with Crippen LogP contribution in [0.1, 0.15) is 44.9 Å². The smallest absolute Gasteiger partial charge is 0.224 e. The van der Waals surface area contributed by atoms with Gasteiger partial charge in [-0.25, -0.2) is 0 Å². The topological polar surface area (TPSA) is 75.4 Å². The van der Waals surface area contributed by atoms with Gasteiger partial charge in [-0.1, -0.05) is 12.8 Å². The van der Waals surface area contributed by atoms with E-state index in [2.05, 4.69) is 5.32 Å². The second-order valence-electron chi connectivity index (χ2n) is 5.17. The third-order valence-corrected chi connectivity index (χ3v) is 3.96. The van der Waals surface area contributed by atoms with Gasteiger partial charge in [0, 0.05) is 6.04 Å². The van der Waals surface area contributed by atoms with Crippen LogP contribution < -0.4 is 11.1 Å². The molecule has 2 saturated carbocycles. The number of carbonyl (C=O) groups is 1. The number of amides is 1. The maximum atomic E-state index is 12.0. The van der Waals surface area contributed by atoms with E-state index in [9.17, 15) is 9.90 Å². The summed E-state index contributed by atoms with van der Waals surface area (Å²) in [5, 5.41) is 12.6. The number of hydrogen-bond acceptors (Lipinski definition) is 3. The molecule has 2 unspecified atom stereocenters. The fourth-order valence-corrected chi connectivity index (χ4v) is 2.88. The monoisotopic (exact) mass is 226 g/mol. The summed E-state index contributed by atoms with van der Waals surface area (Å²) >= 11 is 0. The average Bonchev–Trinajstić information content (AvgIpc) is 2.65. The highest BCUT2D eigenvalue weighted by Gasteiger charge is 2.32. The molecule has 0 saturated heterocycles. The number of aliphatic hydroxyl groups is 1. The van der Waals surface area contributed by atoms with Crippen LogP contribution in [-0.2, 0) is 4.79 Å². The molecule has 0 radical (unpaired) electrons. The van der Waals surface area contributed by atoms with Crippen molar-refractivity contribution in [2.45, 2.75) is 63.1 Å². The number of nitrogens with one attached hydrogen (secondary N) is 1. The summed E-state index contributed by atoms with van der Waals surface area (Å²) in [5.74, 6) is 0.0136. The van der Waals surface area contributed by atoms with Gasteiger partial charge < -0.3 is 16.2 Å². The first-order valence-corrected chi connectivity index (χ1v) is 6.42. The zero-order valence-corrected chi connectivity index (χ0v) is 9.69. The normalized spacial score (nSPS) is 39.6. The molecule has 0 aromatic heterocycles. The molecular formula is C12H22N2O2. The molecule has 0 aromatic carbocycles. The Morgan fingerprint density at radius 2 is 1.88 bits per heavy atom. The lowest BCUT2D eigenvalue weighted by atomic mass is 9.84. The van der Waals surface area contributed by atoms with E-state index >= 15 is 0 Å². The molecule has 0 aliphatic heterocycles. The van der Waals surface area contributed by atoms with Gasteiger partial charge in [-0.05, 0) is 32.1 Å². The Bertz CT molecular complexity index is 257. The molecule has 4 heteroatoms. The van der Waals surface area contributed by atoms with Gasteiger partial charge in [0.05, 0.1) is 18.1 Å². The van der Waals surface area contributed by atoms with Gasteiger partial charge >= 0.3 is 0 Å². The van der Waals surface area contributed by atoms with Crippen molar-refractivity contribution in [1.82, 2.24) is 5.32 Å². The maximum Gasteiger partial charge on any atom is 0.224 e. The predicted molar refractivity (Wildman–Crippen MR) is 61.7 cm³/mol. The first-order chi connectivity index (χ1) is 7.68. The number of nitrogens with two attached hydrogens (primary N) is 1. The van der Waals surface area contributed by atoms with Gasteiger partial charge in [-0.15, -0.1) is 0 Å². The minimum atomic E-state index is -0.358. The zero-order valence-electron chi connectivity index (χ0n) is 9.69. The Labute approximate surface area is 96.6 Å². The number of carbonyl (C=O) groups excluding carboxylic acids is 1. The molecule has 4 N–H and O–H groups in total. The van der Waals surface area contributed by atoms with Crippen LogP contribution in [-0.4, -0.2) is 29.2 Å². The molecule has 92 valence electrons. The fourth-order valence-electron chi connectivity index (χ4n) is 2.88. The second-order valence-corrected chi connectivity index (χ2v) is 5.17. The minimum Gasteiger partial charge on any atom is -0.391 e. The first-order valence-electron chi connectivity index (χ1n) is 6.42. The van der Waals surface area contributed by atoms with Crippen molar-refractivity contribution in [1.29, 1.82) is 0 Å². The van der Waals surface area contributed by atoms with Crippen LogP contribution in [0.25, 0.3) is 0 Å². The molecule has 0 spiro atoms. The summed E-state index contributed by atoms with van der Waals surface area (Å²) in [6.07, 6.45) is 6.43. The van der Waals surface area contributed by atoms with E-state index in [1.54, 1.807) is 0 Å². The molecule has 4 atom stereocenters. The third kappa shape index (κ3) is 2.55. The van der Waals surface area contributed by atoms with E-state index in [1.807, 2.05) is 0 Å². The Kier molecular flexibility index (Phi) is 3.82. The molecule has 2 aliphatic carbocycles. The van der Waals surface area contributed by atoms with Crippen LogP contribution in [0.15, 0.2) is 0 Å². The molecule has 2 rings (SSSR count). The van der Waals surface area contributed by atoms with Crippen molar-refractivity contribution in [2.24, 2.45) is 11.7 Å². The summed E-state index contributed by atoms with van der Waals surface area (Å²) in [6.45, 7) is 0. The van der Waals surface area contributed by atoms with Crippen LogP contribution in [0.5, 0.6) is 0 Å². The Morgan fingerprint density at radius 1 is 1.12 bits per heavy atom. The van der Waals surface area contributed by atoms with Gasteiger partial charge in [-0.2, -0.15) is 0 Å². The average molecular weight is 226 g/mol. The molecule has 4 nitrogen and oxygen atoms in total. The fraction of sp³-hybridized carbons (Fsp3) is 0.917. The first kappa shape index (κ1) is 11.9. The molecule has 2 aliphatic rings. The van der Waals surface area contributed by atoms with Crippen molar-refractivity contribution in [3.63, 3.8) is 0 Å². The molecule has 0 bridgehead atoms. The second kappa shape index (κ2) is 5.15. The van der Waals surface area contributed by atoms with Crippen LogP contribution in [0.2, 0.25) is 0 Å². The van der Waals surface area contributed by atoms with Crippen LogP contribution in [0, 0.1) is 5.92 Å². The number of hydrogen-bond donors (Lipinski definition) is 3. The predicted octanol–water partition coefficient (Wildman–Crippen LogP) is 0.533. The van der Waals surface area contributed by atoms with Crippen LogP contribution in [0.3, 0.4) is 0 Å². The lowest BCUT2D eigenvalue weighted by molar-refractivity contribution is -0.127. The zero-order chi connectivity index (χ0) is 11.5. The summed E-state index contributed by atoms with van der Waals surface area (Å²) in [7, 11) is 0. The number of aliphatic hydroxyl groups excluding tert-OH is 1. The highest BCUT2D eigenvalue weighted by molar-refractivity contribution is 5.79. The lowest BCUT2D eigenvalue weighted by Crippen LogP contribution is -2.48. The van der Waals surface area contributed by atoms with Gasteiger partial charge in [0.15, 0.2) is 0 Å². The SMILES string of the molecule is N[C@H]1CCCC[C@H]1C(=O)NC1CCCC1O. The van der Waals surface area contributed by atoms with Gasteiger partial charge in [-0.3, -0.25) is 4.79 Å². The molecule has 0 aromatic rings.